The van der Waals surface area contributed by atoms with Crippen molar-refractivity contribution in [2.75, 3.05) is 5.32 Å². The number of benzene rings is 1. The number of rotatable bonds is 1. The Labute approximate surface area is 112 Å². The standard InChI is InChI=1S/C13H8N2O3S/c16-6-10-14-11-9(8-4-2-1-3-5-8)7-19-12(11)13(17)15(10)18/h1-5,7,14,18H. The third-order valence-corrected chi connectivity index (χ3v) is 3.78. The van der Waals surface area contributed by atoms with Gasteiger partial charge < -0.3 is 5.32 Å². The number of nitrogens with zero attached hydrogens (tertiary/aromatic N) is 1. The number of amides is 1. The first-order valence-corrected chi connectivity index (χ1v) is 6.32. The van der Waals surface area contributed by atoms with Crippen LogP contribution in [0.2, 0.25) is 0 Å². The fourth-order valence-corrected chi connectivity index (χ4v) is 2.86. The summed E-state index contributed by atoms with van der Waals surface area (Å²) < 4.78 is 0. The zero-order valence-corrected chi connectivity index (χ0v) is 10.4. The zero-order chi connectivity index (χ0) is 13.4. The van der Waals surface area contributed by atoms with Gasteiger partial charge in [0.25, 0.3) is 5.91 Å². The van der Waals surface area contributed by atoms with Crippen LogP contribution in [-0.4, -0.2) is 22.1 Å². The third-order valence-electron chi connectivity index (χ3n) is 2.81. The lowest BCUT2D eigenvalue weighted by Gasteiger charge is -2.22. The topological polar surface area (TPSA) is 69.6 Å². The van der Waals surface area contributed by atoms with Crippen molar-refractivity contribution in [3.05, 3.63) is 46.4 Å². The van der Waals surface area contributed by atoms with E-state index in [1.165, 1.54) is 17.3 Å². The van der Waals surface area contributed by atoms with Gasteiger partial charge in [0.2, 0.25) is 5.82 Å². The van der Waals surface area contributed by atoms with Crippen LogP contribution in [-0.2, 0) is 4.79 Å². The van der Waals surface area contributed by atoms with Crippen molar-refractivity contribution in [3.63, 3.8) is 0 Å². The van der Waals surface area contributed by atoms with Crippen molar-refractivity contribution in [2.24, 2.45) is 0 Å². The van der Waals surface area contributed by atoms with Crippen molar-refractivity contribution in [1.29, 1.82) is 0 Å². The fraction of sp³-hybridized carbons (Fsp3) is 0. The number of hydrogen-bond donors (Lipinski definition) is 2. The molecule has 0 radical (unpaired) electrons. The maximum Gasteiger partial charge on any atom is 0.296 e. The predicted octanol–water partition coefficient (Wildman–Crippen LogP) is 2.34. The summed E-state index contributed by atoms with van der Waals surface area (Å²) in [6.45, 7) is 0. The number of hydroxylamine groups is 2. The van der Waals surface area contributed by atoms with Crippen LogP contribution >= 0.6 is 11.3 Å². The Morgan fingerprint density at radius 2 is 2.00 bits per heavy atom. The second-order valence-electron chi connectivity index (χ2n) is 3.91. The molecule has 1 aromatic carbocycles. The lowest BCUT2D eigenvalue weighted by atomic mass is 10.1. The molecular formula is C13H8N2O3S. The van der Waals surface area contributed by atoms with Crippen LogP contribution in [0.15, 0.2) is 41.5 Å². The molecule has 19 heavy (non-hydrogen) atoms. The lowest BCUT2D eigenvalue weighted by Crippen LogP contribution is -2.34. The van der Waals surface area contributed by atoms with Gasteiger partial charge in [0.05, 0.1) is 5.69 Å². The molecular weight excluding hydrogens is 264 g/mol. The molecule has 0 saturated carbocycles. The average molecular weight is 272 g/mol. The quantitative estimate of drug-likeness (QED) is 0.617. The molecule has 1 aliphatic heterocycles. The van der Waals surface area contributed by atoms with Crippen LogP contribution in [0.3, 0.4) is 0 Å². The van der Waals surface area contributed by atoms with Gasteiger partial charge in [0, 0.05) is 10.9 Å². The van der Waals surface area contributed by atoms with Crippen LogP contribution in [0.25, 0.3) is 11.1 Å². The molecule has 1 aromatic heterocycles. The molecule has 3 rings (SSSR count). The van der Waals surface area contributed by atoms with Gasteiger partial charge in [-0.15, -0.1) is 11.3 Å². The van der Waals surface area contributed by atoms with Crippen LogP contribution in [0.4, 0.5) is 5.69 Å². The Kier molecular flexibility index (Phi) is 2.68. The van der Waals surface area contributed by atoms with E-state index in [0.717, 1.165) is 11.1 Å². The number of anilines is 1. The van der Waals surface area contributed by atoms with Crippen LogP contribution in [0.5, 0.6) is 0 Å². The molecule has 0 bridgehead atoms. The molecule has 5 nitrogen and oxygen atoms in total. The Morgan fingerprint density at radius 1 is 1.26 bits per heavy atom. The van der Waals surface area contributed by atoms with Crippen molar-refractivity contribution in [3.8, 4) is 11.1 Å². The van der Waals surface area contributed by atoms with E-state index in [-0.39, 0.29) is 10.9 Å². The minimum absolute atomic E-state index is 0.278. The molecule has 0 fully saturated rings. The van der Waals surface area contributed by atoms with Crippen molar-refractivity contribution < 1.29 is 14.8 Å². The van der Waals surface area contributed by atoms with Crippen molar-refractivity contribution in [1.82, 2.24) is 5.06 Å². The maximum absolute atomic E-state index is 11.9. The van der Waals surface area contributed by atoms with Crippen molar-refractivity contribution >= 4 is 28.9 Å². The van der Waals surface area contributed by atoms with E-state index in [1.54, 1.807) is 0 Å². The molecule has 6 heteroatoms. The first kappa shape index (κ1) is 11.7. The molecule has 0 atom stereocenters. The highest BCUT2D eigenvalue weighted by Crippen LogP contribution is 2.40. The Balaban J connectivity index is 2.17. The van der Waals surface area contributed by atoms with Gasteiger partial charge in [0.1, 0.15) is 4.88 Å². The SMILES string of the molecule is O=C=C1Nc2c(-c3ccccc3)csc2C(=O)N1O. The highest BCUT2D eigenvalue weighted by molar-refractivity contribution is 7.13. The zero-order valence-electron chi connectivity index (χ0n) is 9.58. The summed E-state index contributed by atoms with van der Waals surface area (Å²) in [7, 11) is 0. The molecule has 1 amide bonds. The monoisotopic (exact) mass is 272 g/mol. The molecule has 2 N–H and O–H groups in total. The maximum atomic E-state index is 11.9. The first-order chi connectivity index (χ1) is 9.22. The number of fused-ring (bicyclic) bond motifs is 1. The highest BCUT2D eigenvalue weighted by Gasteiger charge is 2.31. The molecule has 0 unspecified atom stereocenters. The van der Waals surface area contributed by atoms with E-state index < -0.39 is 5.91 Å². The van der Waals surface area contributed by atoms with Gasteiger partial charge in [0.15, 0.2) is 5.94 Å². The fourth-order valence-electron chi connectivity index (χ4n) is 1.91. The Bertz CT molecular complexity index is 702. The summed E-state index contributed by atoms with van der Waals surface area (Å²) >= 11 is 1.21. The average Bonchev–Trinajstić information content (AvgIpc) is 2.87. The molecule has 94 valence electrons. The van der Waals surface area contributed by atoms with Gasteiger partial charge in [-0.25, -0.2) is 4.79 Å². The van der Waals surface area contributed by atoms with E-state index in [9.17, 15) is 14.8 Å². The second-order valence-corrected chi connectivity index (χ2v) is 4.79. The Morgan fingerprint density at radius 3 is 2.68 bits per heavy atom. The summed E-state index contributed by atoms with van der Waals surface area (Å²) in [6, 6.07) is 9.49. The van der Waals surface area contributed by atoms with Gasteiger partial charge in [-0.1, -0.05) is 30.3 Å². The van der Waals surface area contributed by atoms with Crippen LogP contribution < -0.4 is 5.32 Å². The highest BCUT2D eigenvalue weighted by atomic mass is 32.1. The number of carbonyl (C=O) groups excluding carboxylic acids is 2. The molecule has 0 aliphatic carbocycles. The van der Waals surface area contributed by atoms with Gasteiger partial charge in [-0.05, 0) is 5.56 Å². The van der Waals surface area contributed by atoms with Crippen molar-refractivity contribution in [2.45, 2.75) is 0 Å². The summed E-state index contributed by atoms with van der Waals surface area (Å²) in [4.78, 5) is 23.0. The summed E-state index contributed by atoms with van der Waals surface area (Å²) in [5, 5.41) is 14.3. The number of carbonyl (C=O) groups is 1. The van der Waals surface area contributed by atoms with Crippen LogP contribution in [0, 0.1) is 0 Å². The smallest absolute Gasteiger partial charge is 0.296 e. The molecule has 0 spiro atoms. The van der Waals surface area contributed by atoms with E-state index in [2.05, 4.69) is 5.32 Å². The number of nitrogens with one attached hydrogen (secondary N) is 1. The normalized spacial score (nSPS) is 13.8. The van der Waals surface area contributed by atoms with Gasteiger partial charge >= 0.3 is 0 Å². The summed E-state index contributed by atoms with van der Waals surface area (Å²) in [6.07, 6.45) is 0. The largest absolute Gasteiger partial charge is 0.328 e. The van der Waals surface area contributed by atoms with E-state index in [4.69, 9.17) is 0 Å². The molecule has 0 saturated heterocycles. The number of thiophene rings is 1. The Hall–Kier alpha value is -2.40. The number of hydrogen-bond acceptors (Lipinski definition) is 5. The van der Waals surface area contributed by atoms with Crippen LogP contribution in [0.1, 0.15) is 9.67 Å². The van der Waals surface area contributed by atoms with Gasteiger partial charge in [-0.2, -0.15) is 5.06 Å². The predicted molar refractivity (Wildman–Crippen MR) is 70.5 cm³/mol. The minimum atomic E-state index is -0.626. The summed E-state index contributed by atoms with van der Waals surface area (Å²) in [5.74, 6) is 0.585. The van der Waals surface area contributed by atoms with E-state index in [1.807, 2.05) is 35.7 Å². The van der Waals surface area contributed by atoms with E-state index >= 15 is 0 Å². The lowest BCUT2D eigenvalue weighted by molar-refractivity contribution is -0.0294. The third kappa shape index (κ3) is 1.75. The summed E-state index contributed by atoms with van der Waals surface area (Å²) in [5.41, 5.74) is 2.27. The second kappa shape index (κ2) is 4.37. The minimum Gasteiger partial charge on any atom is -0.328 e. The molecule has 2 aromatic rings. The first-order valence-electron chi connectivity index (χ1n) is 5.44. The van der Waals surface area contributed by atoms with Gasteiger partial charge in [-0.3, -0.25) is 10.0 Å². The molecule has 1 aliphatic rings. The molecule has 2 heterocycles. The van der Waals surface area contributed by atoms with E-state index in [0.29, 0.717) is 10.6 Å².